The van der Waals surface area contributed by atoms with E-state index in [9.17, 15) is 5.11 Å². The normalized spacial score (nSPS) is 15.8. The van der Waals surface area contributed by atoms with Crippen LogP contribution in [0.2, 0.25) is 0 Å². The van der Waals surface area contributed by atoms with Crippen molar-refractivity contribution >= 4 is 36.3 Å². The van der Waals surface area contributed by atoms with Gasteiger partial charge in [0, 0.05) is 50.0 Å². The molecule has 1 saturated heterocycles. The molecule has 0 spiro atoms. The van der Waals surface area contributed by atoms with Crippen LogP contribution in [0.3, 0.4) is 0 Å². The lowest BCUT2D eigenvalue weighted by Gasteiger charge is -2.32. The fraction of sp³-hybridized carbons (Fsp3) is 0.368. The van der Waals surface area contributed by atoms with Gasteiger partial charge >= 0.3 is 0 Å². The first-order valence-corrected chi connectivity index (χ1v) is 9.34. The maximum Gasteiger partial charge on any atom is 0.151 e. The van der Waals surface area contributed by atoms with Gasteiger partial charge in [-0.1, -0.05) is 0 Å². The lowest BCUT2D eigenvalue weighted by Crippen LogP contribution is -2.49. The van der Waals surface area contributed by atoms with Crippen LogP contribution in [0.25, 0.3) is 11.4 Å². The van der Waals surface area contributed by atoms with E-state index < -0.39 is 0 Å². The number of piperazine rings is 1. The Morgan fingerprint density at radius 1 is 1.27 bits per heavy atom. The first kappa shape index (κ1) is 23.7. The molecule has 1 aliphatic rings. The van der Waals surface area contributed by atoms with Crippen molar-refractivity contribution in [1.82, 2.24) is 30.7 Å². The van der Waals surface area contributed by atoms with Crippen molar-refractivity contribution in [1.29, 1.82) is 0 Å². The maximum atomic E-state index is 10.4. The largest absolute Gasteiger partial charge is 0.506 e. The zero-order chi connectivity index (χ0) is 19.5. The summed E-state index contributed by atoms with van der Waals surface area (Å²) in [6, 6.07) is 5.84. The third kappa shape index (κ3) is 5.29. The van der Waals surface area contributed by atoms with Gasteiger partial charge in [-0.3, -0.25) is 5.10 Å². The molecule has 1 unspecified atom stereocenters. The molecule has 0 aromatic carbocycles. The van der Waals surface area contributed by atoms with Crippen molar-refractivity contribution < 1.29 is 5.11 Å². The molecule has 0 saturated carbocycles. The minimum atomic E-state index is 0. The number of aromatic nitrogens is 5. The van der Waals surface area contributed by atoms with Crippen molar-refractivity contribution in [3.05, 3.63) is 41.9 Å². The summed E-state index contributed by atoms with van der Waals surface area (Å²) in [7, 11) is 0. The molecule has 30 heavy (non-hydrogen) atoms. The molecule has 1 atom stereocenters. The molecule has 4 heterocycles. The van der Waals surface area contributed by atoms with Crippen molar-refractivity contribution in [3.8, 4) is 17.1 Å². The van der Waals surface area contributed by atoms with Crippen LogP contribution in [-0.2, 0) is 6.54 Å². The van der Waals surface area contributed by atoms with E-state index >= 15 is 0 Å². The van der Waals surface area contributed by atoms with E-state index in [1.54, 1.807) is 12.3 Å². The molecule has 4 rings (SSSR count). The van der Waals surface area contributed by atoms with Gasteiger partial charge in [0.1, 0.15) is 17.1 Å². The van der Waals surface area contributed by atoms with Crippen LogP contribution in [0.4, 0.5) is 11.5 Å². The number of aryl methyl sites for hydroxylation is 1. The average molecular weight is 453 g/mol. The van der Waals surface area contributed by atoms with Gasteiger partial charge in [0.05, 0.1) is 17.6 Å². The van der Waals surface area contributed by atoms with Gasteiger partial charge in [-0.15, -0.1) is 35.0 Å². The van der Waals surface area contributed by atoms with E-state index in [1.807, 2.05) is 25.3 Å². The molecule has 9 nitrogen and oxygen atoms in total. The molecule has 162 valence electrons. The van der Waals surface area contributed by atoms with Crippen molar-refractivity contribution in [2.45, 2.75) is 26.4 Å². The fourth-order valence-electron chi connectivity index (χ4n) is 3.27. The summed E-state index contributed by atoms with van der Waals surface area (Å²) in [4.78, 5) is 6.57. The van der Waals surface area contributed by atoms with Gasteiger partial charge in [-0.2, -0.15) is 5.10 Å². The Labute approximate surface area is 187 Å². The molecular weight excluding hydrogens is 427 g/mol. The number of nitrogens with one attached hydrogen (secondary N) is 3. The van der Waals surface area contributed by atoms with E-state index in [2.05, 4.69) is 47.8 Å². The van der Waals surface area contributed by atoms with Crippen molar-refractivity contribution in [3.63, 3.8) is 0 Å². The highest BCUT2D eigenvalue weighted by molar-refractivity contribution is 5.85. The van der Waals surface area contributed by atoms with Crippen LogP contribution in [0.15, 0.2) is 30.6 Å². The Morgan fingerprint density at radius 3 is 2.73 bits per heavy atom. The molecule has 3 aromatic rings. The molecule has 1 aliphatic heterocycles. The second kappa shape index (κ2) is 10.4. The van der Waals surface area contributed by atoms with Gasteiger partial charge in [0.2, 0.25) is 0 Å². The van der Waals surface area contributed by atoms with Gasteiger partial charge < -0.3 is 20.6 Å². The summed E-state index contributed by atoms with van der Waals surface area (Å²) < 4.78 is 0. The molecule has 3 aromatic heterocycles. The molecule has 0 radical (unpaired) electrons. The van der Waals surface area contributed by atoms with E-state index in [4.69, 9.17) is 0 Å². The summed E-state index contributed by atoms with van der Waals surface area (Å²) in [6.45, 7) is 7.42. The minimum absolute atomic E-state index is 0. The SMILES string of the molecule is Cc1n[nH]cc1CNc1cnc(-c2ccc(N3CCNC(C)C3)nn2)c(O)c1.Cl.Cl. The van der Waals surface area contributed by atoms with Gasteiger partial charge in [0.15, 0.2) is 5.82 Å². The first-order chi connectivity index (χ1) is 13.6. The fourth-order valence-corrected chi connectivity index (χ4v) is 3.27. The third-order valence-corrected chi connectivity index (χ3v) is 4.87. The Kier molecular flexibility index (Phi) is 8.22. The quantitative estimate of drug-likeness (QED) is 0.466. The topological polar surface area (TPSA) is 115 Å². The molecule has 0 amide bonds. The third-order valence-electron chi connectivity index (χ3n) is 4.87. The van der Waals surface area contributed by atoms with Crippen molar-refractivity contribution in [2.24, 2.45) is 0 Å². The number of halogens is 2. The lowest BCUT2D eigenvalue weighted by atomic mass is 10.2. The number of pyridine rings is 1. The number of hydrogen-bond acceptors (Lipinski definition) is 8. The minimum Gasteiger partial charge on any atom is -0.506 e. The molecule has 0 aliphatic carbocycles. The zero-order valence-corrected chi connectivity index (χ0v) is 18.4. The van der Waals surface area contributed by atoms with Crippen LogP contribution in [-0.4, -0.2) is 56.2 Å². The number of aromatic amines is 1. The molecule has 11 heteroatoms. The summed E-state index contributed by atoms with van der Waals surface area (Å²) in [5.74, 6) is 0.900. The summed E-state index contributed by atoms with van der Waals surface area (Å²) in [6.07, 6.45) is 3.53. The predicted octanol–water partition coefficient (Wildman–Crippen LogP) is 2.53. The van der Waals surface area contributed by atoms with Gasteiger partial charge in [-0.05, 0) is 26.0 Å². The van der Waals surface area contributed by atoms with Crippen LogP contribution >= 0.6 is 24.8 Å². The standard InChI is InChI=1S/C19H24N8O.2ClH/c1-12-11-27(6-5-20-12)18-4-3-16(25-26-18)19-17(28)7-15(10-22-19)21-8-14-9-23-24-13(14)2;;/h3-4,7,9-10,12,20-21,28H,5-6,8,11H2,1-2H3,(H,23,24);2*1H. The maximum absolute atomic E-state index is 10.4. The van der Waals surface area contributed by atoms with E-state index in [0.717, 1.165) is 42.4 Å². The summed E-state index contributed by atoms with van der Waals surface area (Å²) in [5.41, 5.74) is 3.68. The van der Waals surface area contributed by atoms with Gasteiger partial charge in [-0.25, -0.2) is 4.98 Å². The van der Waals surface area contributed by atoms with Gasteiger partial charge in [0.25, 0.3) is 0 Å². The highest BCUT2D eigenvalue weighted by atomic mass is 35.5. The first-order valence-electron chi connectivity index (χ1n) is 9.34. The zero-order valence-electron chi connectivity index (χ0n) is 16.8. The number of aromatic hydroxyl groups is 1. The number of rotatable bonds is 5. The van der Waals surface area contributed by atoms with Crippen molar-refractivity contribution in [2.75, 3.05) is 29.9 Å². The van der Waals surface area contributed by atoms with Crippen LogP contribution in [0.5, 0.6) is 5.75 Å². The van der Waals surface area contributed by atoms with Crippen LogP contribution in [0, 0.1) is 6.92 Å². The summed E-state index contributed by atoms with van der Waals surface area (Å²) in [5, 5.41) is 32.6. The monoisotopic (exact) mass is 452 g/mol. The summed E-state index contributed by atoms with van der Waals surface area (Å²) >= 11 is 0. The molecular formula is C19H26Cl2N8O. The Morgan fingerprint density at radius 2 is 2.10 bits per heavy atom. The Hall–Kier alpha value is -2.62. The predicted molar refractivity (Wildman–Crippen MR) is 122 cm³/mol. The van der Waals surface area contributed by atoms with E-state index in [-0.39, 0.29) is 30.6 Å². The highest BCUT2D eigenvalue weighted by Gasteiger charge is 2.18. The van der Waals surface area contributed by atoms with Crippen LogP contribution < -0.4 is 15.5 Å². The average Bonchev–Trinajstić information content (AvgIpc) is 3.11. The highest BCUT2D eigenvalue weighted by Crippen LogP contribution is 2.28. The van der Waals surface area contributed by atoms with E-state index in [0.29, 0.717) is 24.0 Å². The lowest BCUT2D eigenvalue weighted by molar-refractivity contribution is 0.475. The molecule has 1 fully saturated rings. The smallest absolute Gasteiger partial charge is 0.151 e. The Balaban J connectivity index is 0.00000160. The second-order valence-electron chi connectivity index (χ2n) is 7.02. The number of H-pyrrole nitrogens is 1. The number of anilines is 2. The second-order valence-corrected chi connectivity index (χ2v) is 7.02. The van der Waals surface area contributed by atoms with E-state index in [1.165, 1.54) is 0 Å². The number of hydrogen-bond donors (Lipinski definition) is 4. The number of nitrogens with zero attached hydrogens (tertiary/aromatic N) is 5. The molecule has 0 bridgehead atoms. The molecule has 4 N–H and O–H groups in total. The van der Waals surface area contributed by atoms with Crippen LogP contribution in [0.1, 0.15) is 18.2 Å². The Bertz CT molecular complexity index is 950.